The van der Waals surface area contributed by atoms with Crippen molar-refractivity contribution >= 4 is 82.4 Å². The van der Waals surface area contributed by atoms with Crippen LogP contribution < -0.4 is 4.90 Å². The number of aromatic nitrogens is 2. The van der Waals surface area contributed by atoms with Crippen molar-refractivity contribution in [1.29, 1.82) is 0 Å². The molecular formula is C55H35N3OS. The van der Waals surface area contributed by atoms with Gasteiger partial charge in [0.15, 0.2) is 0 Å². The van der Waals surface area contributed by atoms with Crippen molar-refractivity contribution in [2.75, 3.05) is 4.90 Å². The minimum absolute atomic E-state index is 0.874. The summed E-state index contributed by atoms with van der Waals surface area (Å²) in [6.07, 6.45) is 0. The van der Waals surface area contributed by atoms with Crippen molar-refractivity contribution in [2.45, 2.75) is 0 Å². The molecule has 282 valence electrons. The Balaban J connectivity index is 0.966. The van der Waals surface area contributed by atoms with Gasteiger partial charge < -0.3 is 13.9 Å². The average molecular weight is 786 g/mol. The molecule has 3 aromatic heterocycles. The molecule has 0 unspecified atom stereocenters. The molecule has 12 aromatic rings. The fraction of sp³-hybridized carbons (Fsp3) is 0. The van der Waals surface area contributed by atoms with Gasteiger partial charge in [0.25, 0.3) is 0 Å². The van der Waals surface area contributed by atoms with Crippen LogP contribution in [-0.2, 0) is 0 Å². The van der Waals surface area contributed by atoms with E-state index in [2.05, 4.69) is 216 Å². The molecule has 0 aliphatic carbocycles. The molecule has 0 fully saturated rings. The highest BCUT2D eigenvalue weighted by molar-refractivity contribution is 7.21. The monoisotopic (exact) mass is 785 g/mol. The molecule has 0 saturated heterocycles. The first-order valence-electron chi connectivity index (χ1n) is 20.2. The summed E-state index contributed by atoms with van der Waals surface area (Å²) in [6, 6.07) is 75.7. The van der Waals surface area contributed by atoms with E-state index in [-0.39, 0.29) is 0 Å². The molecule has 4 nitrogen and oxygen atoms in total. The predicted octanol–water partition coefficient (Wildman–Crippen LogP) is 15.8. The minimum Gasteiger partial charge on any atom is -0.455 e. The largest absolute Gasteiger partial charge is 0.455 e. The quantitative estimate of drug-likeness (QED) is 0.161. The second-order valence-corrected chi connectivity index (χ2v) is 16.2. The van der Waals surface area contributed by atoms with Gasteiger partial charge in [-0.25, -0.2) is 4.98 Å². The third kappa shape index (κ3) is 5.70. The molecule has 0 spiro atoms. The van der Waals surface area contributed by atoms with Crippen LogP contribution in [0.25, 0.3) is 92.5 Å². The maximum Gasteiger partial charge on any atom is 0.143 e. The van der Waals surface area contributed by atoms with Gasteiger partial charge >= 0.3 is 0 Å². The highest BCUT2D eigenvalue weighted by Crippen LogP contribution is 2.43. The summed E-state index contributed by atoms with van der Waals surface area (Å²) in [5.41, 5.74) is 15.1. The third-order valence-electron chi connectivity index (χ3n) is 11.6. The van der Waals surface area contributed by atoms with Crippen LogP contribution in [-0.4, -0.2) is 9.55 Å². The van der Waals surface area contributed by atoms with Crippen molar-refractivity contribution in [3.63, 3.8) is 0 Å². The highest BCUT2D eigenvalue weighted by Gasteiger charge is 2.19. The number of furan rings is 1. The van der Waals surface area contributed by atoms with E-state index in [1.165, 1.54) is 32.9 Å². The first-order chi connectivity index (χ1) is 29.7. The zero-order valence-corrected chi connectivity index (χ0v) is 33.2. The van der Waals surface area contributed by atoms with Gasteiger partial charge in [-0.3, -0.25) is 0 Å². The van der Waals surface area contributed by atoms with Crippen LogP contribution >= 0.6 is 11.3 Å². The van der Waals surface area contributed by atoms with Gasteiger partial charge in [-0.1, -0.05) is 140 Å². The van der Waals surface area contributed by atoms with Crippen LogP contribution in [0.2, 0.25) is 0 Å². The number of nitrogens with zero attached hydrogens (tertiary/aromatic N) is 3. The van der Waals surface area contributed by atoms with Crippen LogP contribution in [0.15, 0.2) is 217 Å². The number of hydrogen-bond donors (Lipinski definition) is 0. The Morgan fingerprint density at radius 2 is 1.03 bits per heavy atom. The molecule has 0 atom stereocenters. The van der Waals surface area contributed by atoms with E-state index >= 15 is 0 Å². The van der Waals surface area contributed by atoms with E-state index in [0.29, 0.717) is 0 Å². The maximum absolute atomic E-state index is 6.70. The molecule has 0 amide bonds. The summed E-state index contributed by atoms with van der Waals surface area (Å²) in [4.78, 5) is 7.37. The topological polar surface area (TPSA) is 34.2 Å². The Morgan fingerprint density at radius 1 is 0.433 bits per heavy atom. The number of hydrogen-bond acceptors (Lipinski definition) is 4. The molecule has 5 heteroatoms. The van der Waals surface area contributed by atoms with Crippen molar-refractivity contribution in [1.82, 2.24) is 9.55 Å². The van der Waals surface area contributed by atoms with E-state index < -0.39 is 0 Å². The fourth-order valence-corrected chi connectivity index (χ4v) is 9.76. The van der Waals surface area contributed by atoms with Crippen LogP contribution in [0.4, 0.5) is 17.1 Å². The first kappa shape index (κ1) is 34.3. The first-order valence-corrected chi connectivity index (χ1v) is 21.0. The zero-order valence-electron chi connectivity index (χ0n) is 32.4. The van der Waals surface area contributed by atoms with Crippen LogP contribution in [0.3, 0.4) is 0 Å². The van der Waals surface area contributed by atoms with E-state index in [1.807, 2.05) is 6.07 Å². The van der Waals surface area contributed by atoms with Crippen molar-refractivity contribution in [3.05, 3.63) is 212 Å². The molecule has 60 heavy (non-hydrogen) atoms. The molecule has 0 aliphatic heterocycles. The third-order valence-corrected chi connectivity index (χ3v) is 12.7. The van der Waals surface area contributed by atoms with Crippen molar-refractivity contribution in [3.8, 4) is 38.5 Å². The number of para-hydroxylation sites is 3. The minimum atomic E-state index is 0.874. The van der Waals surface area contributed by atoms with Gasteiger partial charge in [0.2, 0.25) is 0 Å². The Kier molecular flexibility index (Phi) is 8.00. The van der Waals surface area contributed by atoms with E-state index in [4.69, 9.17) is 9.40 Å². The Hall–Kier alpha value is -7.73. The molecule has 3 heterocycles. The molecular weight excluding hydrogens is 751 g/mol. The van der Waals surface area contributed by atoms with Gasteiger partial charge in [-0.15, -0.1) is 11.3 Å². The smallest absolute Gasteiger partial charge is 0.143 e. The summed E-state index contributed by atoms with van der Waals surface area (Å²) in [5.74, 6) is 0. The molecule has 0 bridgehead atoms. The lowest BCUT2D eigenvalue weighted by atomic mass is 10.0. The Bertz CT molecular complexity index is 3510. The highest BCUT2D eigenvalue weighted by atomic mass is 32.1. The number of fused-ring (bicyclic) bond motifs is 7. The SMILES string of the molecule is c1ccc(-c2ccc(N(c3ccc(-c4cccc5c4oc4cc6sc(-c7ccccc7)nc6cc45)cc3)c3ccc4c(c3)c3ccccc3n4-c3ccccc3)cc2)cc1. The van der Waals surface area contributed by atoms with Crippen LogP contribution in [0.1, 0.15) is 0 Å². The summed E-state index contributed by atoms with van der Waals surface area (Å²) in [5, 5.41) is 5.61. The lowest BCUT2D eigenvalue weighted by molar-refractivity contribution is 0.670. The second-order valence-electron chi connectivity index (χ2n) is 15.2. The lowest BCUT2D eigenvalue weighted by Crippen LogP contribution is -2.10. The lowest BCUT2D eigenvalue weighted by Gasteiger charge is -2.26. The summed E-state index contributed by atoms with van der Waals surface area (Å²) in [7, 11) is 0. The van der Waals surface area contributed by atoms with Gasteiger partial charge in [-0.2, -0.15) is 0 Å². The van der Waals surface area contributed by atoms with Crippen molar-refractivity contribution in [2.24, 2.45) is 0 Å². The summed E-state index contributed by atoms with van der Waals surface area (Å²) >= 11 is 1.70. The van der Waals surface area contributed by atoms with Gasteiger partial charge in [-0.05, 0) is 83.4 Å². The van der Waals surface area contributed by atoms with Gasteiger partial charge in [0, 0.05) is 61.5 Å². The molecule has 0 aliphatic rings. The number of rotatable bonds is 7. The molecule has 0 radical (unpaired) electrons. The molecule has 0 N–H and O–H groups in total. The van der Waals surface area contributed by atoms with E-state index in [1.54, 1.807) is 11.3 Å². The van der Waals surface area contributed by atoms with Gasteiger partial charge in [0.05, 0.1) is 21.3 Å². The van der Waals surface area contributed by atoms with E-state index in [9.17, 15) is 0 Å². The number of thiazole rings is 1. The molecule has 9 aromatic carbocycles. The van der Waals surface area contributed by atoms with Gasteiger partial charge in [0.1, 0.15) is 16.2 Å². The normalized spacial score (nSPS) is 11.7. The predicted molar refractivity (Wildman–Crippen MR) is 252 cm³/mol. The Morgan fingerprint density at radius 3 is 1.78 bits per heavy atom. The summed E-state index contributed by atoms with van der Waals surface area (Å²) < 4.78 is 10.2. The zero-order chi connectivity index (χ0) is 39.6. The summed E-state index contributed by atoms with van der Waals surface area (Å²) in [6.45, 7) is 0. The fourth-order valence-electron chi connectivity index (χ4n) is 8.78. The van der Waals surface area contributed by atoms with Crippen LogP contribution in [0.5, 0.6) is 0 Å². The number of anilines is 3. The van der Waals surface area contributed by atoms with Crippen LogP contribution in [0, 0.1) is 0 Å². The number of benzene rings is 9. The van der Waals surface area contributed by atoms with Crippen molar-refractivity contribution < 1.29 is 4.42 Å². The van der Waals surface area contributed by atoms with E-state index in [0.717, 1.165) is 76.6 Å². The molecule has 12 rings (SSSR count). The molecule has 0 saturated carbocycles. The maximum atomic E-state index is 6.70. The second kappa shape index (κ2) is 14.0. The Labute approximate surface area is 350 Å². The standard InChI is InChI=1S/C55H35N3OS/c1-4-13-36(14-5-1)37-23-27-41(28-24-37)57(43-31-32-51-47(33-43)45-19-10-11-22-50(45)58(51)40-17-8-3-9-18-40)42-29-25-38(26-30-42)44-20-12-21-46-48-34-49-53(35-52(48)59-54(44)46)60-55(56-49)39-15-6-2-7-16-39/h1-35H. The average Bonchev–Trinajstić information content (AvgIpc) is 4.01.